The molecule has 5 heteroatoms. The van der Waals surface area contributed by atoms with Crippen LogP contribution in [0.5, 0.6) is 0 Å². The average molecular weight is 422 g/mol. The van der Waals surface area contributed by atoms with Crippen LogP contribution >= 0.6 is 15.9 Å². The quantitative estimate of drug-likeness (QED) is 0.479. The minimum absolute atomic E-state index is 0.255. The lowest BCUT2D eigenvalue weighted by Gasteiger charge is -2.14. The van der Waals surface area contributed by atoms with Crippen LogP contribution in [-0.2, 0) is 0 Å². The highest BCUT2D eigenvalue weighted by Gasteiger charge is 2.10. The van der Waals surface area contributed by atoms with Gasteiger partial charge < -0.3 is 4.90 Å². The largest absolute Gasteiger partial charge is 0.378 e. The minimum atomic E-state index is -0.255. The molecule has 0 aliphatic carbocycles. The van der Waals surface area contributed by atoms with Gasteiger partial charge in [0.05, 0.1) is 5.71 Å². The van der Waals surface area contributed by atoms with Crippen molar-refractivity contribution >= 4 is 33.2 Å². The van der Waals surface area contributed by atoms with Crippen LogP contribution in [0.1, 0.15) is 21.5 Å². The van der Waals surface area contributed by atoms with E-state index in [2.05, 4.69) is 26.5 Å². The predicted molar refractivity (Wildman–Crippen MR) is 114 cm³/mol. The van der Waals surface area contributed by atoms with Crippen LogP contribution in [-0.4, -0.2) is 25.7 Å². The van der Waals surface area contributed by atoms with Crippen LogP contribution in [0, 0.1) is 0 Å². The molecule has 0 aliphatic heterocycles. The number of anilines is 1. The molecule has 3 aromatic carbocycles. The van der Waals surface area contributed by atoms with Gasteiger partial charge in [0, 0.05) is 40.9 Å². The van der Waals surface area contributed by atoms with E-state index in [4.69, 9.17) is 0 Å². The summed E-state index contributed by atoms with van der Waals surface area (Å²) in [6.07, 6.45) is 0. The Hall–Kier alpha value is -2.92. The zero-order valence-electron chi connectivity index (χ0n) is 15.2. The van der Waals surface area contributed by atoms with Gasteiger partial charge in [0.1, 0.15) is 0 Å². The first-order valence-corrected chi connectivity index (χ1v) is 9.30. The third-order valence-electron chi connectivity index (χ3n) is 4.06. The first-order valence-electron chi connectivity index (χ1n) is 8.51. The number of halogens is 1. The Morgan fingerprint density at radius 1 is 0.852 bits per heavy atom. The van der Waals surface area contributed by atoms with Gasteiger partial charge in [0.25, 0.3) is 5.91 Å². The lowest BCUT2D eigenvalue weighted by atomic mass is 10.0. The maximum Gasteiger partial charge on any atom is 0.271 e. The Balaban J connectivity index is 1.92. The Kier molecular flexibility index (Phi) is 6.04. The zero-order valence-corrected chi connectivity index (χ0v) is 16.8. The van der Waals surface area contributed by atoms with Crippen LogP contribution in [0.2, 0.25) is 0 Å². The summed E-state index contributed by atoms with van der Waals surface area (Å²) >= 11 is 3.38. The number of nitrogens with zero attached hydrogens (tertiary/aromatic N) is 2. The monoisotopic (exact) mass is 421 g/mol. The number of carbonyl (C=O) groups excluding carboxylic acids is 1. The van der Waals surface area contributed by atoms with E-state index >= 15 is 0 Å². The molecule has 136 valence electrons. The predicted octanol–water partition coefficient (Wildman–Crippen LogP) is 4.70. The van der Waals surface area contributed by atoms with Crippen molar-refractivity contribution in [1.29, 1.82) is 0 Å². The van der Waals surface area contributed by atoms with Gasteiger partial charge in [-0.3, -0.25) is 4.79 Å². The molecule has 0 saturated carbocycles. The number of rotatable bonds is 5. The molecular weight excluding hydrogens is 402 g/mol. The Morgan fingerprint density at radius 2 is 1.48 bits per heavy atom. The van der Waals surface area contributed by atoms with Gasteiger partial charge in [-0.2, -0.15) is 5.10 Å². The van der Waals surface area contributed by atoms with Crippen LogP contribution in [0.15, 0.2) is 88.4 Å². The van der Waals surface area contributed by atoms with Crippen molar-refractivity contribution in [2.24, 2.45) is 5.10 Å². The summed E-state index contributed by atoms with van der Waals surface area (Å²) in [5.41, 5.74) is 6.90. The second kappa shape index (κ2) is 8.64. The van der Waals surface area contributed by atoms with E-state index in [1.807, 2.05) is 85.7 Å². The molecule has 0 aliphatic rings. The topological polar surface area (TPSA) is 44.7 Å². The first-order chi connectivity index (χ1) is 13.0. The molecule has 3 aromatic rings. The summed E-state index contributed by atoms with van der Waals surface area (Å²) < 4.78 is 0.849. The number of amides is 1. The smallest absolute Gasteiger partial charge is 0.271 e. The Labute approximate surface area is 167 Å². The molecule has 0 radical (unpaired) electrons. The van der Waals surface area contributed by atoms with E-state index in [0.717, 1.165) is 21.3 Å². The average Bonchev–Trinajstić information content (AvgIpc) is 2.69. The summed E-state index contributed by atoms with van der Waals surface area (Å²) in [7, 11) is 4.00. The molecule has 1 amide bonds. The number of nitrogens with one attached hydrogen (secondary N) is 1. The first kappa shape index (κ1) is 18.9. The van der Waals surface area contributed by atoms with Gasteiger partial charge >= 0.3 is 0 Å². The zero-order chi connectivity index (χ0) is 19.2. The van der Waals surface area contributed by atoms with Crippen LogP contribution in [0.4, 0.5) is 5.69 Å². The Bertz CT molecular complexity index is 951. The molecule has 0 bridgehead atoms. The van der Waals surface area contributed by atoms with E-state index in [1.54, 1.807) is 12.1 Å². The fourth-order valence-corrected chi connectivity index (χ4v) is 3.01. The van der Waals surface area contributed by atoms with Gasteiger partial charge in [-0.1, -0.05) is 64.5 Å². The van der Waals surface area contributed by atoms with Crippen molar-refractivity contribution in [2.45, 2.75) is 0 Å². The van der Waals surface area contributed by atoms with E-state index in [9.17, 15) is 4.79 Å². The summed E-state index contributed by atoms with van der Waals surface area (Å²) in [5.74, 6) is -0.255. The van der Waals surface area contributed by atoms with Crippen molar-refractivity contribution < 1.29 is 4.79 Å². The SMILES string of the molecule is CN(C)c1ccc(C(=NNC(=O)c2cccc(Br)c2)c2ccccc2)cc1. The van der Waals surface area contributed by atoms with Crippen LogP contribution in [0.25, 0.3) is 0 Å². The molecule has 0 atom stereocenters. The number of hydrogen-bond donors (Lipinski definition) is 1. The van der Waals surface area contributed by atoms with Gasteiger partial charge in [-0.15, -0.1) is 0 Å². The molecule has 4 nitrogen and oxygen atoms in total. The molecule has 0 aromatic heterocycles. The second-order valence-corrected chi connectivity index (χ2v) is 7.13. The number of hydrogen-bond acceptors (Lipinski definition) is 3. The maximum atomic E-state index is 12.5. The molecule has 0 unspecified atom stereocenters. The minimum Gasteiger partial charge on any atom is -0.378 e. The van der Waals surface area contributed by atoms with Crippen molar-refractivity contribution in [3.63, 3.8) is 0 Å². The highest BCUT2D eigenvalue weighted by Crippen LogP contribution is 2.16. The van der Waals surface area contributed by atoms with E-state index < -0.39 is 0 Å². The van der Waals surface area contributed by atoms with Crippen molar-refractivity contribution in [2.75, 3.05) is 19.0 Å². The Morgan fingerprint density at radius 3 is 2.11 bits per heavy atom. The molecule has 0 fully saturated rings. The van der Waals surface area contributed by atoms with Crippen molar-refractivity contribution in [1.82, 2.24) is 5.43 Å². The van der Waals surface area contributed by atoms with Crippen molar-refractivity contribution in [3.05, 3.63) is 100 Å². The molecule has 3 rings (SSSR count). The summed E-state index contributed by atoms with van der Waals surface area (Å²) in [6, 6.07) is 25.1. The lowest BCUT2D eigenvalue weighted by molar-refractivity contribution is 0.0955. The molecule has 0 spiro atoms. The van der Waals surface area contributed by atoms with Gasteiger partial charge in [0.15, 0.2) is 0 Å². The third-order valence-corrected chi connectivity index (χ3v) is 4.55. The second-order valence-electron chi connectivity index (χ2n) is 6.22. The number of hydrazone groups is 1. The standard InChI is InChI=1S/C22H20BrN3O/c1-26(2)20-13-11-17(12-14-20)21(16-7-4-3-5-8-16)24-25-22(27)18-9-6-10-19(23)15-18/h3-15H,1-2H3,(H,25,27). The van der Waals surface area contributed by atoms with Gasteiger partial charge in [0.2, 0.25) is 0 Å². The van der Waals surface area contributed by atoms with E-state index in [1.165, 1.54) is 0 Å². The summed E-state index contributed by atoms with van der Waals surface area (Å²) in [6.45, 7) is 0. The highest BCUT2D eigenvalue weighted by atomic mass is 79.9. The third kappa shape index (κ3) is 4.83. The summed E-state index contributed by atoms with van der Waals surface area (Å²) in [4.78, 5) is 14.5. The molecule has 0 saturated heterocycles. The fourth-order valence-electron chi connectivity index (χ4n) is 2.61. The lowest BCUT2D eigenvalue weighted by Crippen LogP contribution is -2.20. The highest BCUT2D eigenvalue weighted by molar-refractivity contribution is 9.10. The summed E-state index contributed by atoms with van der Waals surface area (Å²) in [5, 5.41) is 4.43. The van der Waals surface area contributed by atoms with Crippen molar-refractivity contribution in [3.8, 4) is 0 Å². The van der Waals surface area contributed by atoms with E-state index in [-0.39, 0.29) is 5.91 Å². The molecule has 27 heavy (non-hydrogen) atoms. The molecule has 0 heterocycles. The number of benzene rings is 3. The number of carbonyl (C=O) groups is 1. The maximum absolute atomic E-state index is 12.5. The molecule has 1 N–H and O–H groups in total. The van der Waals surface area contributed by atoms with Gasteiger partial charge in [-0.25, -0.2) is 5.43 Å². The fraction of sp³-hybridized carbons (Fsp3) is 0.0909. The molecular formula is C22H20BrN3O. The van der Waals surface area contributed by atoms with Crippen LogP contribution < -0.4 is 10.3 Å². The normalized spacial score (nSPS) is 11.1. The van der Waals surface area contributed by atoms with E-state index in [0.29, 0.717) is 11.3 Å². The van der Waals surface area contributed by atoms with Gasteiger partial charge in [-0.05, 0) is 30.3 Å². The van der Waals surface area contributed by atoms with Crippen LogP contribution in [0.3, 0.4) is 0 Å².